The summed E-state index contributed by atoms with van der Waals surface area (Å²) >= 11 is 0. The Morgan fingerprint density at radius 1 is 1.24 bits per heavy atom. The largest absolute Gasteiger partial charge is 0.421 e. The molecule has 0 fully saturated rings. The Morgan fingerprint density at radius 2 is 2.00 bits per heavy atom. The van der Waals surface area contributed by atoms with E-state index in [9.17, 15) is 9.59 Å². The van der Waals surface area contributed by atoms with Gasteiger partial charge in [0.25, 0.3) is 0 Å². The molecule has 0 aliphatic rings. The van der Waals surface area contributed by atoms with Gasteiger partial charge in [0.05, 0.1) is 24.3 Å². The molecule has 0 spiro atoms. The van der Waals surface area contributed by atoms with Gasteiger partial charge in [-0.25, -0.2) is 0 Å². The summed E-state index contributed by atoms with van der Waals surface area (Å²) in [7, 11) is 0. The minimum atomic E-state index is -0.397. The van der Waals surface area contributed by atoms with Gasteiger partial charge in [-0.1, -0.05) is 12.1 Å². The third kappa shape index (κ3) is 3.86. The number of carbonyl (C=O) groups is 2. The number of aryl methyl sites for hydroxylation is 1. The first kappa shape index (κ1) is 14.7. The van der Waals surface area contributed by atoms with Gasteiger partial charge in [-0.3, -0.25) is 9.59 Å². The molecule has 0 aliphatic heterocycles. The summed E-state index contributed by atoms with van der Waals surface area (Å²) in [6, 6.07) is 7.01. The molecule has 2 amide bonds. The van der Waals surface area contributed by atoms with Crippen molar-refractivity contribution in [1.29, 1.82) is 0 Å². The van der Waals surface area contributed by atoms with Gasteiger partial charge in [0.2, 0.25) is 23.6 Å². The first-order valence-electron chi connectivity index (χ1n) is 6.26. The molecule has 0 aliphatic carbocycles. The predicted molar refractivity (Wildman–Crippen MR) is 75.2 cm³/mol. The highest BCUT2D eigenvalue weighted by atomic mass is 16.4. The maximum atomic E-state index is 11.8. The molecular weight excluding hydrogens is 274 g/mol. The molecule has 0 saturated heterocycles. The van der Waals surface area contributed by atoms with Crippen LogP contribution in [0, 0.1) is 6.92 Å². The second-order valence-corrected chi connectivity index (χ2v) is 4.20. The number of carbonyl (C=O) groups excluding carboxylic acids is 2. The number of nitrogens with two attached hydrogens (primary N) is 1. The number of hydrogen-bond acceptors (Lipinski definition) is 6. The van der Waals surface area contributed by atoms with E-state index in [0.717, 1.165) is 0 Å². The summed E-state index contributed by atoms with van der Waals surface area (Å²) in [6.07, 6.45) is 0. The van der Waals surface area contributed by atoms with Crippen LogP contribution in [0.3, 0.4) is 0 Å². The van der Waals surface area contributed by atoms with E-state index in [1.54, 1.807) is 31.2 Å². The average Bonchev–Trinajstić information content (AvgIpc) is 2.91. The molecule has 1 heterocycles. The van der Waals surface area contributed by atoms with Crippen LogP contribution in [-0.4, -0.2) is 35.1 Å². The van der Waals surface area contributed by atoms with E-state index in [-0.39, 0.29) is 19.0 Å². The third-order valence-electron chi connectivity index (χ3n) is 2.59. The molecule has 110 valence electrons. The Labute approximate surface area is 120 Å². The van der Waals surface area contributed by atoms with Crippen LogP contribution in [0.25, 0.3) is 11.5 Å². The molecule has 1 aromatic carbocycles. The number of benzene rings is 1. The molecule has 0 radical (unpaired) electrons. The van der Waals surface area contributed by atoms with Crippen molar-refractivity contribution >= 4 is 17.5 Å². The van der Waals surface area contributed by atoms with Crippen LogP contribution in [0.4, 0.5) is 5.69 Å². The number of rotatable bonds is 5. The number of nitrogens with zero attached hydrogens (tertiary/aromatic N) is 2. The van der Waals surface area contributed by atoms with Crippen LogP contribution in [-0.2, 0) is 9.59 Å². The highest BCUT2D eigenvalue weighted by Crippen LogP contribution is 2.26. The molecule has 0 saturated carbocycles. The van der Waals surface area contributed by atoms with Gasteiger partial charge in [-0.05, 0) is 12.1 Å². The maximum Gasteiger partial charge on any atom is 0.249 e. The Kier molecular flexibility index (Phi) is 4.62. The van der Waals surface area contributed by atoms with Crippen molar-refractivity contribution in [3.63, 3.8) is 0 Å². The van der Waals surface area contributed by atoms with Crippen LogP contribution in [0.1, 0.15) is 5.89 Å². The zero-order chi connectivity index (χ0) is 15.2. The Hall–Kier alpha value is -2.74. The van der Waals surface area contributed by atoms with Crippen LogP contribution >= 0.6 is 0 Å². The van der Waals surface area contributed by atoms with Gasteiger partial charge in [-0.2, -0.15) is 0 Å². The molecule has 21 heavy (non-hydrogen) atoms. The molecule has 2 aromatic rings. The first-order valence-corrected chi connectivity index (χ1v) is 6.26. The molecule has 1 aromatic heterocycles. The summed E-state index contributed by atoms with van der Waals surface area (Å²) < 4.78 is 5.35. The smallest absolute Gasteiger partial charge is 0.249 e. The Balaban J connectivity index is 2.10. The molecule has 4 N–H and O–H groups in total. The van der Waals surface area contributed by atoms with Crippen molar-refractivity contribution in [2.75, 3.05) is 18.4 Å². The number of hydrogen-bond donors (Lipinski definition) is 3. The van der Waals surface area contributed by atoms with Gasteiger partial charge >= 0.3 is 0 Å². The zero-order valence-corrected chi connectivity index (χ0v) is 11.4. The van der Waals surface area contributed by atoms with E-state index in [1.165, 1.54) is 0 Å². The van der Waals surface area contributed by atoms with Crippen molar-refractivity contribution in [2.24, 2.45) is 5.73 Å². The van der Waals surface area contributed by atoms with Crippen LogP contribution in [0.2, 0.25) is 0 Å². The summed E-state index contributed by atoms with van der Waals surface area (Å²) in [5, 5.41) is 12.7. The zero-order valence-electron chi connectivity index (χ0n) is 11.4. The van der Waals surface area contributed by atoms with Crippen LogP contribution in [0.15, 0.2) is 28.7 Å². The van der Waals surface area contributed by atoms with Gasteiger partial charge in [0, 0.05) is 6.92 Å². The summed E-state index contributed by atoms with van der Waals surface area (Å²) in [5.74, 6) is -0.0258. The normalized spacial score (nSPS) is 10.2. The van der Waals surface area contributed by atoms with E-state index in [1.807, 2.05) is 0 Å². The Morgan fingerprint density at radius 3 is 2.67 bits per heavy atom. The maximum absolute atomic E-state index is 11.8. The lowest BCUT2D eigenvalue weighted by Crippen LogP contribution is -2.36. The predicted octanol–water partition coefficient (Wildman–Crippen LogP) is 0.0584. The molecule has 8 heteroatoms. The number of aromatic nitrogens is 2. The van der Waals surface area contributed by atoms with E-state index in [0.29, 0.717) is 23.0 Å². The minimum absolute atomic E-state index is 0.159. The lowest BCUT2D eigenvalue weighted by atomic mass is 10.1. The second kappa shape index (κ2) is 6.62. The van der Waals surface area contributed by atoms with E-state index in [2.05, 4.69) is 20.8 Å². The topological polar surface area (TPSA) is 123 Å². The summed E-state index contributed by atoms with van der Waals surface area (Å²) in [5.41, 5.74) is 6.27. The van der Waals surface area contributed by atoms with Crippen molar-refractivity contribution in [2.45, 2.75) is 6.92 Å². The van der Waals surface area contributed by atoms with Crippen molar-refractivity contribution in [3.05, 3.63) is 30.2 Å². The number of amides is 2. The van der Waals surface area contributed by atoms with E-state index in [4.69, 9.17) is 10.2 Å². The monoisotopic (exact) mass is 289 g/mol. The van der Waals surface area contributed by atoms with Gasteiger partial charge in [0.15, 0.2) is 0 Å². The highest BCUT2D eigenvalue weighted by Gasteiger charge is 2.13. The molecule has 0 atom stereocenters. The lowest BCUT2D eigenvalue weighted by Gasteiger charge is -2.09. The average molecular weight is 289 g/mol. The highest BCUT2D eigenvalue weighted by molar-refractivity contribution is 5.97. The summed E-state index contributed by atoms with van der Waals surface area (Å²) in [6.45, 7) is 1.36. The van der Waals surface area contributed by atoms with E-state index >= 15 is 0 Å². The molecule has 8 nitrogen and oxygen atoms in total. The number of nitrogens with one attached hydrogen (secondary N) is 2. The fraction of sp³-hybridized carbons (Fsp3) is 0.231. The Bertz CT molecular complexity index is 653. The van der Waals surface area contributed by atoms with Gasteiger partial charge < -0.3 is 20.8 Å². The standard InChI is InChI=1S/C13H15N5O3/c1-8-17-18-13(21-8)9-4-2-3-5-10(9)16-12(20)7-15-11(19)6-14/h2-5H,6-7,14H2,1H3,(H,15,19)(H,16,20). The van der Waals surface area contributed by atoms with Crippen LogP contribution < -0.4 is 16.4 Å². The van der Waals surface area contributed by atoms with Crippen LogP contribution in [0.5, 0.6) is 0 Å². The quantitative estimate of drug-likeness (QED) is 0.715. The fourth-order valence-electron chi connectivity index (χ4n) is 1.63. The van der Waals surface area contributed by atoms with Gasteiger partial charge in [-0.15, -0.1) is 10.2 Å². The SMILES string of the molecule is Cc1nnc(-c2ccccc2NC(=O)CNC(=O)CN)o1. The van der Waals surface area contributed by atoms with E-state index < -0.39 is 5.91 Å². The number of para-hydroxylation sites is 1. The third-order valence-corrected chi connectivity index (χ3v) is 2.59. The first-order chi connectivity index (χ1) is 10.1. The minimum Gasteiger partial charge on any atom is -0.421 e. The fourth-order valence-corrected chi connectivity index (χ4v) is 1.63. The summed E-state index contributed by atoms with van der Waals surface area (Å²) in [4.78, 5) is 22.8. The van der Waals surface area contributed by atoms with Crippen molar-refractivity contribution in [3.8, 4) is 11.5 Å². The lowest BCUT2D eigenvalue weighted by molar-refractivity contribution is -0.123. The molecule has 2 rings (SSSR count). The number of anilines is 1. The van der Waals surface area contributed by atoms with Gasteiger partial charge in [0.1, 0.15) is 0 Å². The molecule has 0 bridgehead atoms. The second-order valence-electron chi connectivity index (χ2n) is 4.20. The molecule has 0 unspecified atom stereocenters. The van der Waals surface area contributed by atoms with Crippen molar-refractivity contribution in [1.82, 2.24) is 15.5 Å². The molecular formula is C13H15N5O3. The van der Waals surface area contributed by atoms with Crippen molar-refractivity contribution < 1.29 is 14.0 Å².